The first-order valence-corrected chi connectivity index (χ1v) is 7.43. The minimum Gasteiger partial charge on any atom is -0.310 e. The summed E-state index contributed by atoms with van der Waals surface area (Å²) in [4.78, 5) is 4.65. The van der Waals surface area contributed by atoms with Gasteiger partial charge in [-0.3, -0.25) is 0 Å². The van der Waals surface area contributed by atoms with Gasteiger partial charge < -0.3 is 5.32 Å². The fraction of sp³-hybridized carbons (Fsp3) is 0.400. The molecule has 0 aliphatic heterocycles. The van der Waals surface area contributed by atoms with Gasteiger partial charge in [0.15, 0.2) is 0 Å². The molecule has 1 heterocycles. The number of hydrogen-bond donors (Lipinski definition) is 1. The maximum atomic E-state index is 4.65. The van der Waals surface area contributed by atoms with E-state index < -0.39 is 0 Å². The molecule has 1 aromatic carbocycles. The standard InChI is InChI=1S/C15H20N2S/c1-3-15-17-13(11-18-15)10-14(16-4-2)12-8-6-5-7-9-12/h5-9,11,14,16H,3-4,10H2,1-2H3. The summed E-state index contributed by atoms with van der Waals surface area (Å²) in [6.07, 6.45) is 2.00. The number of rotatable bonds is 6. The third-order valence-electron chi connectivity index (χ3n) is 2.97. The van der Waals surface area contributed by atoms with Crippen LogP contribution in [0.4, 0.5) is 0 Å². The lowest BCUT2D eigenvalue weighted by molar-refractivity contribution is 0.545. The predicted molar refractivity (Wildman–Crippen MR) is 78.1 cm³/mol. The molecule has 0 bridgehead atoms. The van der Waals surface area contributed by atoms with Crippen molar-refractivity contribution in [3.05, 3.63) is 52.0 Å². The topological polar surface area (TPSA) is 24.9 Å². The molecule has 18 heavy (non-hydrogen) atoms. The van der Waals surface area contributed by atoms with E-state index in [2.05, 4.69) is 59.9 Å². The van der Waals surface area contributed by atoms with Gasteiger partial charge in [-0.1, -0.05) is 44.2 Å². The summed E-state index contributed by atoms with van der Waals surface area (Å²) in [6, 6.07) is 11.0. The number of nitrogens with zero attached hydrogens (tertiary/aromatic N) is 1. The average Bonchev–Trinajstić information content (AvgIpc) is 2.87. The zero-order valence-electron chi connectivity index (χ0n) is 11.0. The first-order valence-electron chi connectivity index (χ1n) is 6.55. The average molecular weight is 260 g/mol. The van der Waals surface area contributed by atoms with Gasteiger partial charge in [0.05, 0.1) is 10.7 Å². The maximum absolute atomic E-state index is 4.65. The van der Waals surface area contributed by atoms with Crippen molar-refractivity contribution in [1.82, 2.24) is 10.3 Å². The number of nitrogens with one attached hydrogen (secondary N) is 1. The summed E-state index contributed by atoms with van der Waals surface area (Å²) < 4.78 is 0. The van der Waals surface area contributed by atoms with Crippen LogP contribution in [0.2, 0.25) is 0 Å². The minimum atomic E-state index is 0.364. The molecule has 96 valence electrons. The number of likely N-dealkylation sites (N-methyl/N-ethyl adjacent to an activating group) is 1. The number of hydrogen-bond acceptors (Lipinski definition) is 3. The molecule has 1 unspecified atom stereocenters. The minimum absolute atomic E-state index is 0.364. The van der Waals surface area contributed by atoms with Crippen LogP contribution < -0.4 is 5.32 Å². The van der Waals surface area contributed by atoms with Crippen molar-refractivity contribution < 1.29 is 0 Å². The molecule has 3 heteroatoms. The predicted octanol–water partition coefficient (Wildman–Crippen LogP) is 3.60. The Morgan fingerprint density at radius 3 is 2.61 bits per heavy atom. The van der Waals surface area contributed by atoms with Gasteiger partial charge in [-0.25, -0.2) is 4.98 Å². The molecule has 0 aliphatic carbocycles. The van der Waals surface area contributed by atoms with Crippen LogP contribution in [0.3, 0.4) is 0 Å². The fourth-order valence-corrected chi connectivity index (χ4v) is 2.81. The quantitative estimate of drug-likeness (QED) is 0.858. The monoisotopic (exact) mass is 260 g/mol. The van der Waals surface area contributed by atoms with Crippen LogP contribution in [0.25, 0.3) is 0 Å². The Labute approximate surface area is 113 Å². The molecule has 1 aromatic heterocycles. The molecular weight excluding hydrogens is 240 g/mol. The normalized spacial score (nSPS) is 12.6. The van der Waals surface area contributed by atoms with E-state index in [1.54, 1.807) is 11.3 Å². The molecule has 2 aromatic rings. The molecule has 0 amide bonds. The summed E-state index contributed by atoms with van der Waals surface area (Å²) >= 11 is 1.77. The van der Waals surface area contributed by atoms with Crippen molar-refractivity contribution in [2.24, 2.45) is 0 Å². The van der Waals surface area contributed by atoms with Gasteiger partial charge in [0, 0.05) is 17.8 Å². The van der Waals surface area contributed by atoms with E-state index in [0.717, 1.165) is 19.4 Å². The van der Waals surface area contributed by atoms with Gasteiger partial charge in [-0.2, -0.15) is 0 Å². The summed E-state index contributed by atoms with van der Waals surface area (Å²) in [6.45, 7) is 5.28. The lowest BCUT2D eigenvalue weighted by atomic mass is 10.0. The van der Waals surface area contributed by atoms with Crippen molar-refractivity contribution in [3.8, 4) is 0 Å². The Morgan fingerprint density at radius 2 is 2.00 bits per heavy atom. The van der Waals surface area contributed by atoms with Gasteiger partial charge in [0.25, 0.3) is 0 Å². The largest absolute Gasteiger partial charge is 0.310 e. The Balaban J connectivity index is 2.11. The zero-order valence-corrected chi connectivity index (χ0v) is 11.8. The van der Waals surface area contributed by atoms with Crippen LogP contribution in [0, 0.1) is 0 Å². The molecule has 1 N–H and O–H groups in total. The fourth-order valence-electron chi connectivity index (χ4n) is 2.05. The van der Waals surface area contributed by atoms with Crippen LogP contribution in [-0.2, 0) is 12.8 Å². The summed E-state index contributed by atoms with van der Waals surface area (Å²) in [5, 5.41) is 6.96. The molecule has 0 aliphatic rings. The Kier molecular flexibility index (Phi) is 4.90. The van der Waals surface area contributed by atoms with E-state index >= 15 is 0 Å². The van der Waals surface area contributed by atoms with E-state index in [1.807, 2.05) is 0 Å². The molecule has 0 saturated heterocycles. The maximum Gasteiger partial charge on any atom is 0.0925 e. The first kappa shape index (κ1) is 13.2. The second-order valence-corrected chi connectivity index (χ2v) is 5.25. The number of benzene rings is 1. The zero-order chi connectivity index (χ0) is 12.8. The Hall–Kier alpha value is -1.19. The van der Waals surface area contributed by atoms with Crippen LogP contribution in [0.5, 0.6) is 0 Å². The molecule has 0 fully saturated rings. The third-order valence-corrected chi connectivity index (χ3v) is 4.01. The first-order chi connectivity index (χ1) is 8.83. The molecule has 2 rings (SSSR count). The molecule has 2 nitrogen and oxygen atoms in total. The Bertz CT molecular complexity index is 464. The molecule has 0 spiro atoms. The number of thiazole rings is 1. The third kappa shape index (κ3) is 3.40. The second kappa shape index (κ2) is 6.66. The van der Waals surface area contributed by atoms with Crippen molar-refractivity contribution in [2.45, 2.75) is 32.7 Å². The summed E-state index contributed by atoms with van der Waals surface area (Å²) in [7, 11) is 0. The summed E-state index contributed by atoms with van der Waals surface area (Å²) in [5.74, 6) is 0. The molecule has 1 atom stereocenters. The van der Waals surface area contributed by atoms with E-state index in [4.69, 9.17) is 0 Å². The lowest BCUT2D eigenvalue weighted by Crippen LogP contribution is -2.23. The highest BCUT2D eigenvalue weighted by Gasteiger charge is 2.12. The highest BCUT2D eigenvalue weighted by atomic mass is 32.1. The van der Waals surface area contributed by atoms with E-state index in [9.17, 15) is 0 Å². The molecule has 0 radical (unpaired) electrons. The second-order valence-electron chi connectivity index (χ2n) is 4.31. The van der Waals surface area contributed by atoms with E-state index in [1.165, 1.54) is 16.3 Å². The SMILES string of the molecule is CCNC(Cc1csc(CC)n1)c1ccccc1. The van der Waals surface area contributed by atoms with Crippen molar-refractivity contribution in [1.29, 1.82) is 0 Å². The van der Waals surface area contributed by atoms with Crippen LogP contribution in [0.15, 0.2) is 35.7 Å². The van der Waals surface area contributed by atoms with Crippen molar-refractivity contribution >= 4 is 11.3 Å². The van der Waals surface area contributed by atoms with Crippen molar-refractivity contribution in [3.63, 3.8) is 0 Å². The van der Waals surface area contributed by atoms with Crippen LogP contribution >= 0.6 is 11.3 Å². The highest BCUT2D eigenvalue weighted by molar-refractivity contribution is 7.09. The highest BCUT2D eigenvalue weighted by Crippen LogP contribution is 2.20. The van der Waals surface area contributed by atoms with Crippen LogP contribution in [0.1, 0.15) is 36.2 Å². The van der Waals surface area contributed by atoms with Gasteiger partial charge in [-0.05, 0) is 18.5 Å². The molecular formula is C15H20N2S. The lowest BCUT2D eigenvalue weighted by Gasteiger charge is -2.17. The van der Waals surface area contributed by atoms with Crippen molar-refractivity contribution in [2.75, 3.05) is 6.54 Å². The van der Waals surface area contributed by atoms with Gasteiger partial charge in [0.1, 0.15) is 0 Å². The Morgan fingerprint density at radius 1 is 1.22 bits per heavy atom. The van der Waals surface area contributed by atoms with Gasteiger partial charge >= 0.3 is 0 Å². The van der Waals surface area contributed by atoms with E-state index in [0.29, 0.717) is 6.04 Å². The summed E-state index contributed by atoms with van der Waals surface area (Å²) in [5.41, 5.74) is 2.54. The smallest absolute Gasteiger partial charge is 0.0925 e. The van der Waals surface area contributed by atoms with Crippen LogP contribution in [-0.4, -0.2) is 11.5 Å². The number of aryl methyl sites for hydroxylation is 1. The van der Waals surface area contributed by atoms with Gasteiger partial charge in [0.2, 0.25) is 0 Å². The molecule has 0 saturated carbocycles. The van der Waals surface area contributed by atoms with E-state index in [-0.39, 0.29) is 0 Å². The van der Waals surface area contributed by atoms with Gasteiger partial charge in [-0.15, -0.1) is 11.3 Å². The number of aromatic nitrogens is 1.